The average molecular weight is 343 g/mol. The summed E-state index contributed by atoms with van der Waals surface area (Å²) in [6, 6.07) is 15.0. The van der Waals surface area contributed by atoms with Crippen LogP contribution in [0.25, 0.3) is 5.65 Å². The fraction of sp³-hybridized carbons (Fsp3) is 0.316. The molecule has 24 heavy (non-hydrogen) atoms. The Bertz CT molecular complexity index is 809. The fourth-order valence-electron chi connectivity index (χ4n) is 3.73. The van der Waals surface area contributed by atoms with Crippen LogP contribution in [0.1, 0.15) is 31.0 Å². The van der Waals surface area contributed by atoms with Crippen LogP contribution in [0.2, 0.25) is 0 Å². The van der Waals surface area contributed by atoms with Crippen molar-refractivity contribution < 1.29 is 0 Å². The lowest BCUT2D eigenvalue weighted by Gasteiger charge is -2.44. The number of benzene rings is 1. The molecule has 1 aliphatic rings. The number of aromatic nitrogens is 2. The van der Waals surface area contributed by atoms with E-state index in [1.807, 2.05) is 24.4 Å². The number of rotatable bonds is 2. The molecule has 3 aromatic rings. The van der Waals surface area contributed by atoms with Gasteiger partial charge in [0, 0.05) is 12.6 Å². The van der Waals surface area contributed by atoms with Gasteiger partial charge in [0.1, 0.15) is 11.5 Å². The smallest absolute Gasteiger partial charge is 0.149 e. The van der Waals surface area contributed by atoms with E-state index in [0.717, 1.165) is 17.9 Å². The van der Waals surface area contributed by atoms with Crippen LogP contribution in [-0.4, -0.2) is 15.6 Å². The molecule has 4 rings (SSSR count). The normalized spacial score (nSPS) is 20.1. The second-order valence-corrected chi connectivity index (χ2v) is 6.63. The Labute approximate surface area is 148 Å². The zero-order chi connectivity index (χ0) is 16.0. The third-order valence-electron chi connectivity index (χ3n) is 4.71. The summed E-state index contributed by atoms with van der Waals surface area (Å²) in [5.41, 5.74) is 10.2. The zero-order valence-corrected chi connectivity index (χ0v) is 14.8. The minimum atomic E-state index is -0.0535. The molecule has 0 spiro atoms. The van der Waals surface area contributed by atoms with Crippen molar-refractivity contribution in [3.8, 4) is 0 Å². The maximum Gasteiger partial charge on any atom is 0.149 e. The lowest BCUT2D eigenvalue weighted by molar-refractivity contribution is 0.398. The molecule has 1 aliphatic heterocycles. The quantitative estimate of drug-likeness (QED) is 0.770. The Hall–Kier alpha value is -2.04. The van der Waals surface area contributed by atoms with Gasteiger partial charge in [0.25, 0.3) is 0 Å². The molecule has 0 saturated heterocycles. The fourth-order valence-corrected chi connectivity index (χ4v) is 3.73. The number of nitrogens with two attached hydrogens (primary N) is 1. The number of halogens is 1. The standard InChI is InChI=1S/C19H22N4.ClH/c1-13(2)19-15-8-4-3-7-14(15)11-16(20)23(19)18-12-22-10-6-5-9-17(22)21-18;/h3-10,12-13,16,19H,11,20H2,1-2H3;1H. The number of hydrogen-bond acceptors (Lipinski definition) is 3. The van der Waals surface area contributed by atoms with Crippen molar-refractivity contribution in [3.63, 3.8) is 0 Å². The molecule has 2 N–H and O–H groups in total. The molecular weight excluding hydrogens is 320 g/mol. The van der Waals surface area contributed by atoms with Gasteiger partial charge in [0.05, 0.1) is 18.4 Å². The first-order chi connectivity index (χ1) is 11.1. The second kappa shape index (κ2) is 6.46. The summed E-state index contributed by atoms with van der Waals surface area (Å²) < 4.78 is 2.06. The number of pyridine rings is 1. The first kappa shape index (κ1) is 16.8. The van der Waals surface area contributed by atoms with Gasteiger partial charge in [-0.1, -0.05) is 44.2 Å². The van der Waals surface area contributed by atoms with Crippen LogP contribution >= 0.6 is 12.4 Å². The van der Waals surface area contributed by atoms with Crippen LogP contribution in [0.5, 0.6) is 0 Å². The zero-order valence-electron chi connectivity index (χ0n) is 14.0. The predicted octanol–water partition coefficient (Wildman–Crippen LogP) is 3.80. The summed E-state index contributed by atoms with van der Waals surface area (Å²) in [7, 11) is 0. The lowest BCUT2D eigenvalue weighted by atomic mass is 9.85. The molecule has 1 aromatic carbocycles. The van der Waals surface area contributed by atoms with Gasteiger partial charge in [-0.05, 0) is 29.2 Å². The van der Waals surface area contributed by atoms with Crippen LogP contribution in [0, 0.1) is 5.92 Å². The van der Waals surface area contributed by atoms with Crippen LogP contribution in [0.4, 0.5) is 5.82 Å². The van der Waals surface area contributed by atoms with Crippen molar-refractivity contribution in [1.29, 1.82) is 0 Å². The summed E-state index contributed by atoms with van der Waals surface area (Å²) in [5, 5.41) is 0. The number of hydrogen-bond donors (Lipinski definition) is 1. The lowest BCUT2D eigenvalue weighted by Crippen LogP contribution is -2.51. The third-order valence-corrected chi connectivity index (χ3v) is 4.71. The molecular formula is C19H23ClN4. The Balaban J connectivity index is 0.00000169. The van der Waals surface area contributed by atoms with Gasteiger partial charge in [0.2, 0.25) is 0 Å². The topological polar surface area (TPSA) is 46.6 Å². The van der Waals surface area contributed by atoms with Crippen molar-refractivity contribution >= 4 is 23.9 Å². The summed E-state index contributed by atoms with van der Waals surface area (Å²) >= 11 is 0. The largest absolute Gasteiger partial charge is 0.332 e. The molecule has 0 fully saturated rings. The number of nitrogens with zero attached hydrogens (tertiary/aromatic N) is 3. The van der Waals surface area contributed by atoms with E-state index >= 15 is 0 Å². The predicted molar refractivity (Wildman–Crippen MR) is 101 cm³/mol. The van der Waals surface area contributed by atoms with E-state index in [9.17, 15) is 0 Å². The second-order valence-electron chi connectivity index (χ2n) is 6.63. The molecule has 0 aliphatic carbocycles. The third kappa shape index (κ3) is 2.66. The first-order valence-corrected chi connectivity index (χ1v) is 8.20. The van der Waals surface area contributed by atoms with Crippen molar-refractivity contribution in [2.45, 2.75) is 32.5 Å². The number of anilines is 1. The summed E-state index contributed by atoms with van der Waals surface area (Å²) in [4.78, 5) is 7.09. The number of imidazole rings is 1. The molecule has 2 unspecified atom stereocenters. The summed E-state index contributed by atoms with van der Waals surface area (Å²) in [5.74, 6) is 1.41. The van der Waals surface area contributed by atoms with Crippen molar-refractivity contribution in [2.75, 3.05) is 4.90 Å². The highest BCUT2D eigenvalue weighted by Gasteiger charge is 2.35. The molecule has 5 heteroatoms. The SMILES string of the molecule is CC(C)C1c2ccccc2CC(N)N1c1cn2ccccc2n1.Cl. The van der Waals surface area contributed by atoms with Gasteiger partial charge < -0.3 is 15.0 Å². The monoisotopic (exact) mass is 342 g/mol. The van der Waals surface area contributed by atoms with Gasteiger partial charge >= 0.3 is 0 Å². The van der Waals surface area contributed by atoms with E-state index in [0.29, 0.717) is 5.92 Å². The summed E-state index contributed by atoms with van der Waals surface area (Å²) in [6.45, 7) is 4.50. The van der Waals surface area contributed by atoms with Gasteiger partial charge in [-0.15, -0.1) is 12.4 Å². The van der Waals surface area contributed by atoms with Crippen LogP contribution < -0.4 is 10.6 Å². The van der Waals surface area contributed by atoms with Crippen molar-refractivity contribution in [1.82, 2.24) is 9.38 Å². The van der Waals surface area contributed by atoms with Gasteiger partial charge in [-0.25, -0.2) is 4.98 Å². The van der Waals surface area contributed by atoms with Gasteiger partial charge in [-0.2, -0.15) is 0 Å². The van der Waals surface area contributed by atoms with E-state index in [4.69, 9.17) is 10.7 Å². The molecule has 2 atom stereocenters. The Morgan fingerprint density at radius 3 is 2.62 bits per heavy atom. The van der Waals surface area contributed by atoms with Crippen molar-refractivity contribution in [2.24, 2.45) is 11.7 Å². The molecule has 4 nitrogen and oxygen atoms in total. The maximum absolute atomic E-state index is 6.55. The first-order valence-electron chi connectivity index (χ1n) is 8.20. The molecule has 0 amide bonds. The molecule has 0 saturated carbocycles. The highest BCUT2D eigenvalue weighted by Crippen LogP contribution is 2.39. The van der Waals surface area contributed by atoms with Crippen LogP contribution in [0.3, 0.4) is 0 Å². The molecule has 126 valence electrons. The summed E-state index contributed by atoms with van der Waals surface area (Å²) in [6.07, 6.45) is 4.91. The molecule has 2 aromatic heterocycles. The molecule has 0 bridgehead atoms. The minimum Gasteiger partial charge on any atom is -0.332 e. The average Bonchev–Trinajstić information content (AvgIpc) is 2.96. The Morgan fingerprint density at radius 1 is 1.12 bits per heavy atom. The van der Waals surface area contributed by atoms with Gasteiger partial charge in [0.15, 0.2) is 0 Å². The molecule has 0 radical (unpaired) electrons. The van der Waals surface area contributed by atoms with Crippen molar-refractivity contribution in [3.05, 3.63) is 66.0 Å². The van der Waals surface area contributed by atoms with E-state index in [-0.39, 0.29) is 24.6 Å². The van der Waals surface area contributed by atoms with E-state index in [1.165, 1.54) is 11.1 Å². The van der Waals surface area contributed by atoms with Crippen LogP contribution in [0.15, 0.2) is 54.9 Å². The minimum absolute atomic E-state index is 0. The van der Waals surface area contributed by atoms with E-state index in [1.54, 1.807) is 0 Å². The van der Waals surface area contributed by atoms with E-state index < -0.39 is 0 Å². The van der Waals surface area contributed by atoms with Gasteiger partial charge in [-0.3, -0.25) is 0 Å². The Kier molecular flexibility index (Phi) is 4.52. The Morgan fingerprint density at radius 2 is 1.88 bits per heavy atom. The molecule has 3 heterocycles. The highest BCUT2D eigenvalue weighted by atomic mass is 35.5. The highest BCUT2D eigenvalue weighted by molar-refractivity contribution is 5.85. The van der Waals surface area contributed by atoms with E-state index in [2.05, 4.69) is 53.6 Å². The van der Waals surface area contributed by atoms with Crippen LogP contribution in [-0.2, 0) is 6.42 Å². The maximum atomic E-state index is 6.55. The number of fused-ring (bicyclic) bond motifs is 2.